The van der Waals surface area contributed by atoms with E-state index in [1.165, 1.54) is 12.3 Å². The molecule has 0 aliphatic rings. The average molecular weight is 466 g/mol. The molecule has 9 heteroatoms. The van der Waals surface area contributed by atoms with Gasteiger partial charge in [0, 0.05) is 30.0 Å². The van der Waals surface area contributed by atoms with Gasteiger partial charge in [0.15, 0.2) is 5.65 Å². The average Bonchev–Trinajstić information content (AvgIpc) is 3.29. The summed E-state index contributed by atoms with van der Waals surface area (Å²) in [5.41, 5.74) is 2.37. The predicted molar refractivity (Wildman–Crippen MR) is 128 cm³/mol. The van der Waals surface area contributed by atoms with Crippen LogP contribution in [-0.2, 0) is 0 Å². The maximum atomic E-state index is 13.8. The summed E-state index contributed by atoms with van der Waals surface area (Å²) in [7, 11) is 1.54. The van der Waals surface area contributed by atoms with Gasteiger partial charge in [-0.2, -0.15) is 5.10 Å². The standard InChI is InChI=1S/C25H25F2N5O2/c1-4-31(5-2)18-10-8-17(9-11-18)29-25(33)20-15-28-32-22(23(26)27)14-21(30-24(20)32)16-6-12-19(34-3)13-7-16/h6-15,23H,4-5H2,1-3H3,(H,29,33). The normalized spacial score (nSPS) is 11.1. The third-order valence-electron chi connectivity index (χ3n) is 5.61. The second kappa shape index (κ2) is 9.86. The third-order valence-corrected chi connectivity index (χ3v) is 5.61. The lowest BCUT2D eigenvalue weighted by Gasteiger charge is -2.21. The molecule has 0 radical (unpaired) electrons. The van der Waals surface area contributed by atoms with Crippen LogP contribution >= 0.6 is 0 Å². The van der Waals surface area contributed by atoms with E-state index < -0.39 is 12.3 Å². The minimum atomic E-state index is -2.80. The number of nitrogens with zero attached hydrogens (tertiary/aromatic N) is 4. The molecule has 4 rings (SSSR count). The number of hydrogen-bond acceptors (Lipinski definition) is 5. The number of halogens is 2. The van der Waals surface area contributed by atoms with Crippen molar-refractivity contribution in [3.8, 4) is 17.0 Å². The van der Waals surface area contributed by atoms with Crippen LogP contribution in [0.25, 0.3) is 16.9 Å². The number of ether oxygens (including phenoxy) is 1. The zero-order valence-corrected chi connectivity index (χ0v) is 19.1. The van der Waals surface area contributed by atoms with Crippen LogP contribution in [0.5, 0.6) is 5.75 Å². The quantitative estimate of drug-likeness (QED) is 0.375. The van der Waals surface area contributed by atoms with E-state index in [1.54, 1.807) is 43.5 Å². The minimum absolute atomic E-state index is 0.0564. The highest BCUT2D eigenvalue weighted by Crippen LogP contribution is 2.28. The fourth-order valence-electron chi connectivity index (χ4n) is 3.75. The molecule has 2 heterocycles. The number of rotatable bonds is 8. The Morgan fingerprint density at radius 3 is 2.35 bits per heavy atom. The minimum Gasteiger partial charge on any atom is -0.497 e. The van der Waals surface area contributed by atoms with Gasteiger partial charge in [-0.1, -0.05) is 0 Å². The molecule has 0 fully saturated rings. The van der Waals surface area contributed by atoms with Gasteiger partial charge in [0.2, 0.25) is 0 Å². The second-order valence-electron chi connectivity index (χ2n) is 7.56. The van der Waals surface area contributed by atoms with E-state index in [0.29, 0.717) is 22.7 Å². The number of methoxy groups -OCH3 is 1. The first-order valence-corrected chi connectivity index (χ1v) is 10.9. The van der Waals surface area contributed by atoms with Crippen molar-refractivity contribution in [1.82, 2.24) is 14.6 Å². The van der Waals surface area contributed by atoms with Crippen molar-refractivity contribution in [2.75, 3.05) is 30.4 Å². The van der Waals surface area contributed by atoms with Crippen LogP contribution in [-0.4, -0.2) is 40.7 Å². The van der Waals surface area contributed by atoms with Crippen molar-refractivity contribution in [3.05, 3.63) is 72.1 Å². The van der Waals surface area contributed by atoms with Crippen LogP contribution in [0.15, 0.2) is 60.8 Å². The number of amides is 1. The van der Waals surface area contributed by atoms with E-state index in [0.717, 1.165) is 23.3 Å². The predicted octanol–water partition coefficient (Wildman–Crippen LogP) is 5.44. The van der Waals surface area contributed by atoms with Gasteiger partial charge in [-0.05, 0) is 68.4 Å². The molecule has 1 N–H and O–H groups in total. The molecule has 176 valence electrons. The monoisotopic (exact) mass is 465 g/mol. The van der Waals surface area contributed by atoms with E-state index in [9.17, 15) is 13.6 Å². The SMILES string of the molecule is CCN(CC)c1ccc(NC(=O)c2cnn3c(C(F)F)cc(-c4ccc(OC)cc4)nc23)cc1. The van der Waals surface area contributed by atoms with Crippen LogP contribution in [0.1, 0.15) is 36.3 Å². The molecule has 0 bridgehead atoms. The van der Waals surface area contributed by atoms with Crippen molar-refractivity contribution < 1.29 is 18.3 Å². The summed E-state index contributed by atoms with van der Waals surface area (Å²) in [5.74, 6) is 0.153. The summed E-state index contributed by atoms with van der Waals surface area (Å²) >= 11 is 0. The number of anilines is 2. The van der Waals surface area contributed by atoms with Gasteiger partial charge in [0.1, 0.15) is 17.0 Å². The van der Waals surface area contributed by atoms with E-state index in [-0.39, 0.29) is 16.9 Å². The maximum absolute atomic E-state index is 13.8. The smallest absolute Gasteiger partial charge is 0.280 e. The Morgan fingerprint density at radius 1 is 1.09 bits per heavy atom. The van der Waals surface area contributed by atoms with Crippen LogP contribution in [0.2, 0.25) is 0 Å². The van der Waals surface area contributed by atoms with Gasteiger partial charge < -0.3 is 15.0 Å². The number of carbonyl (C=O) groups excluding carboxylic acids is 1. The first-order chi connectivity index (χ1) is 16.4. The molecular weight excluding hydrogens is 440 g/mol. The van der Waals surface area contributed by atoms with Crippen molar-refractivity contribution in [2.45, 2.75) is 20.3 Å². The Bertz CT molecular complexity index is 1280. The van der Waals surface area contributed by atoms with Crippen molar-refractivity contribution in [3.63, 3.8) is 0 Å². The van der Waals surface area contributed by atoms with Gasteiger partial charge in [0.25, 0.3) is 12.3 Å². The molecule has 7 nitrogen and oxygen atoms in total. The molecular formula is C25H25F2N5O2. The van der Waals surface area contributed by atoms with Crippen LogP contribution in [0.4, 0.5) is 20.2 Å². The number of aromatic nitrogens is 3. The highest BCUT2D eigenvalue weighted by atomic mass is 19.3. The summed E-state index contributed by atoms with van der Waals surface area (Å²) in [6.45, 7) is 5.90. The van der Waals surface area contributed by atoms with E-state index >= 15 is 0 Å². The molecule has 0 saturated carbocycles. The zero-order valence-electron chi connectivity index (χ0n) is 19.1. The molecule has 2 aromatic heterocycles. The number of hydrogen-bond donors (Lipinski definition) is 1. The van der Waals surface area contributed by atoms with E-state index in [1.807, 2.05) is 12.1 Å². The number of carbonyl (C=O) groups is 1. The zero-order chi connectivity index (χ0) is 24.2. The molecule has 4 aromatic rings. The molecule has 0 aliphatic carbocycles. The van der Waals surface area contributed by atoms with Crippen LogP contribution in [0, 0.1) is 0 Å². The summed E-state index contributed by atoms with van der Waals surface area (Å²) in [6.07, 6.45) is -1.54. The Hall–Kier alpha value is -4.01. The van der Waals surface area contributed by atoms with Crippen LogP contribution in [0.3, 0.4) is 0 Å². The number of benzene rings is 2. The van der Waals surface area contributed by atoms with Crippen molar-refractivity contribution in [1.29, 1.82) is 0 Å². The molecule has 1 amide bonds. The van der Waals surface area contributed by atoms with Crippen molar-refractivity contribution >= 4 is 22.9 Å². The number of nitrogens with one attached hydrogen (secondary N) is 1. The molecule has 0 aliphatic heterocycles. The maximum Gasteiger partial charge on any atom is 0.280 e. The van der Waals surface area contributed by atoms with Gasteiger partial charge in [-0.15, -0.1) is 0 Å². The lowest BCUT2D eigenvalue weighted by Crippen LogP contribution is -2.21. The fraction of sp³-hybridized carbons (Fsp3) is 0.240. The Morgan fingerprint density at radius 2 is 1.76 bits per heavy atom. The topological polar surface area (TPSA) is 71.8 Å². The Labute approximate surface area is 196 Å². The second-order valence-corrected chi connectivity index (χ2v) is 7.56. The summed E-state index contributed by atoms with van der Waals surface area (Å²) in [5, 5.41) is 6.82. The molecule has 0 saturated heterocycles. The summed E-state index contributed by atoms with van der Waals surface area (Å²) < 4.78 is 33.8. The summed E-state index contributed by atoms with van der Waals surface area (Å²) in [6, 6.07) is 15.6. The Balaban J connectivity index is 1.68. The van der Waals surface area contributed by atoms with Gasteiger partial charge >= 0.3 is 0 Å². The van der Waals surface area contributed by atoms with Gasteiger partial charge in [-0.3, -0.25) is 4.79 Å². The largest absolute Gasteiger partial charge is 0.497 e. The Kier molecular flexibility index (Phi) is 6.72. The molecule has 0 spiro atoms. The first kappa shape index (κ1) is 23.2. The molecule has 0 atom stereocenters. The highest BCUT2D eigenvalue weighted by Gasteiger charge is 2.22. The lowest BCUT2D eigenvalue weighted by molar-refractivity contribution is 0.102. The van der Waals surface area contributed by atoms with Crippen LogP contribution < -0.4 is 15.0 Å². The summed E-state index contributed by atoms with van der Waals surface area (Å²) in [4.78, 5) is 19.7. The van der Waals surface area contributed by atoms with Gasteiger partial charge in [-0.25, -0.2) is 18.3 Å². The highest BCUT2D eigenvalue weighted by molar-refractivity contribution is 6.08. The third kappa shape index (κ3) is 4.54. The molecule has 0 unspecified atom stereocenters. The molecule has 2 aromatic carbocycles. The lowest BCUT2D eigenvalue weighted by atomic mass is 10.1. The van der Waals surface area contributed by atoms with E-state index in [2.05, 4.69) is 34.1 Å². The van der Waals surface area contributed by atoms with E-state index in [4.69, 9.17) is 4.74 Å². The number of fused-ring (bicyclic) bond motifs is 1. The number of alkyl halides is 2. The fourth-order valence-corrected chi connectivity index (χ4v) is 3.75. The first-order valence-electron chi connectivity index (χ1n) is 10.9. The van der Waals surface area contributed by atoms with Gasteiger partial charge in [0.05, 0.1) is 19.0 Å². The molecule has 34 heavy (non-hydrogen) atoms. The van der Waals surface area contributed by atoms with Crippen molar-refractivity contribution in [2.24, 2.45) is 0 Å².